The highest BCUT2D eigenvalue weighted by molar-refractivity contribution is 5.63. The van der Waals surface area contributed by atoms with Crippen molar-refractivity contribution in [2.45, 2.75) is 26.7 Å². The first kappa shape index (κ1) is 15.3. The molecule has 0 aliphatic carbocycles. The fraction of sp³-hybridized carbons (Fsp3) is 0.333. The molecule has 0 fully saturated rings. The molecule has 1 heterocycles. The second-order valence-electron chi connectivity index (χ2n) is 4.94. The molecule has 2 rings (SSSR count). The molecule has 1 aromatic heterocycles. The van der Waals surface area contributed by atoms with Crippen molar-refractivity contribution in [1.82, 2.24) is 9.97 Å². The van der Waals surface area contributed by atoms with Gasteiger partial charge in [-0.2, -0.15) is 0 Å². The van der Waals surface area contributed by atoms with E-state index in [2.05, 4.69) is 15.3 Å². The van der Waals surface area contributed by atoms with Crippen molar-refractivity contribution >= 4 is 5.82 Å². The van der Waals surface area contributed by atoms with Gasteiger partial charge in [-0.25, -0.2) is 23.1 Å². The Morgan fingerprint density at radius 1 is 1.05 bits per heavy atom. The molecule has 0 bridgehead atoms. The van der Waals surface area contributed by atoms with Gasteiger partial charge in [0.15, 0.2) is 17.5 Å². The average molecular weight is 295 g/mol. The minimum absolute atomic E-state index is 0.0532. The normalized spacial score (nSPS) is 11.0. The van der Waals surface area contributed by atoms with Crippen molar-refractivity contribution in [2.75, 3.05) is 11.9 Å². The highest BCUT2D eigenvalue weighted by Gasteiger charge is 2.15. The van der Waals surface area contributed by atoms with E-state index in [4.69, 9.17) is 0 Å². The van der Waals surface area contributed by atoms with Crippen LogP contribution < -0.4 is 5.32 Å². The van der Waals surface area contributed by atoms with Crippen LogP contribution in [0.4, 0.5) is 19.0 Å². The Bertz CT molecular complexity index is 634. The van der Waals surface area contributed by atoms with E-state index in [0.717, 1.165) is 12.1 Å². The van der Waals surface area contributed by atoms with Crippen molar-refractivity contribution in [1.29, 1.82) is 0 Å². The molecule has 112 valence electrons. The Hall–Kier alpha value is -2.11. The van der Waals surface area contributed by atoms with Gasteiger partial charge in [-0.1, -0.05) is 13.8 Å². The molecule has 2 aromatic rings. The Morgan fingerprint density at radius 3 is 2.19 bits per heavy atom. The van der Waals surface area contributed by atoms with Crippen LogP contribution in [0.3, 0.4) is 0 Å². The fourth-order valence-electron chi connectivity index (χ4n) is 1.85. The Labute approximate surface area is 121 Å². The summed E-state index contributed by atoms with van der Waals surface area (Å²) in [6, 6.07) is 3.45. The van der Waals surface area contributed by atoms with E-state index in [1.807, 2.05) is 20.8 Å². The summed E-state index contributed by atoms with van der Waals surface area (Å²) in [5.41, 5.74) is 0.525. The molecule has 0 radical (unpaired) electrons. The highest BCUT2D eigenvalue weighted by atomic mass is 19.2. The van der Waals surface area contributed by atoms with Crippen LogP contribution in [0.5, 0.6) is 0 Å². The summed E-state index contributed by atoms with van der Waals surface area (Å²) in [6.45, 7) is 6.40. The van der Waals surface area contributed by atoms with Gasteiger partial charge in [-0.05, 0) is 19.1 Å². The van der Waals surface area contributed by atoms with Crippen LogP contribution >= 0.6 is 0 Å². The number of nitrogens with zero attached hydrogens (tertiary/aromatic N) is 2. The smallest absolute Gasteiger partial charge is 0.194 e. The number of rotatable bonds is 4. The molecule has 0 atom stereocenters. The number of halogens is 3. The van der Waals surface area contributed by atoms with Gasteiger partial charge in [0.1, 0.15) is 11.6 Å². The standard InChI is InChI=1S/C15H16F3N3/c1-4-19-13-7-12(20-15(21-13)8(2)3)9-5-10(16)14(18)11(17)6-9/h5-8H,4H2,1-3H3,(H,19,20,21). The van der Waals surface area contributed by atoms with E-state index in [1.54, 1.807) is 6.07 Å². The van der Waals surface area contributed by atoms with Gasteiger partial charge >= 0.3 is 0 Å². The number of aromatic nitrogens is 2. The Morgan fingerprint density at radius 2 is 1.67 bits per heavy atom. The molecular weight excluding hydrogens is 279 g/mol. The molecule has 3 nitrogen and oxygen atoms in total. The third-order valence-electron chi connectivity index (χ3n) is 2.90. The number of benzene rings is 1. The van der Waals surface area contributed by atoms with E-state index in [1.165, 1.54) is 0 Å². The van der Waals surface area contributed by atoms with Crippen LogP contribution in [0.15, 0.2) is 18.2 Å². The number of hydrogen-bond acceptors (Lipinski definition) is 3. The molecular formula is C15H16F3N3. The predicted octanol–water partition coefficient (Wildman–Crippen LogP) is 4.12. The molecule has 0 aliphatic heterocycles. The zero-order valence-corrected chi connectivity index (χ0v) is 12.0. The summed E-state index contributed by atoms with van der Waals surface area (Å²) in [5, 5.41) is 3.04. The lowest BCUT2D eigenvalue weighted by Gasteiger charge is -2.11. The first-order valence-corrected chi connectivity index (χ1v) is 6.70. The lowest BCUT2D eigenvalue weighted by atomic mass is 10.1. The van der Waals surface area contributed by atoms with Crippen molar-refractivity contribution in [3.05, 3.63) is 41.5 Å². The van der Waals surface area contributed by atoms with E-state index in [-0.39, 0.29) is 11.5 Å². The summed E-state index contributed by atoms with van der Waals surface area (Å²) in [4.78, 5) is 8.62. The van der Waals surface area contributed by atoms with Crippen LogP contribution in [0.1, 0.15) is 32.5 Å². The van der Waals surface area contributed by atoms with Gasteiger partial charge in [-0.3, -0.25) is 0 Å². The van der Waals surface area contributed by atoms with Crippen LogP contribution in [-0.2, 0) is 0 Å². The van der Waals surface area contributed by atoms with Gasteiger partial charge in [0, 0.05) is 24.1 Å². The van der Waals surface area contributed by atoms with E-state index in [9.17, 15) is 13.2 Å². The lowest BCUT2D eigenvalue weighted by molar-refractivity contribution is 0.447. The minimum atomic E-state index is -1.48. The maximum absolute atomic E-state index is 13.4. The average Bonchev–Trinajstić information content (AvgIpc) is 2.44. The molecule has 0 saturated heterocycles. The van der Waals surface area contributed by atoms with Crippen molar-refractivity contribution < 1.29 is 13.2 Å². The molecule has 0 unspecified atom stereocenters. The second kappa shape index (κ2) is 6.11. The maximum atomic E-state index is 13.4. The third-order valence-corrected chi connectivity index (χ3v) is 2.90. The van der Waals surface area contributed by atoms with Gasteiger partial charge in [0.05, 0.1) is 5.69 Å². The third kappa shape index (κ3) is 3.32. The van der Waals surface area contributed by atoms with Crippen LogP contribution in [0, 0.1) is 17.5 Å². The van der Waals surface area contributed by atoms with Gasteiger partial charge < -0.3 is 5.32 Å². The van der Waals surface area contributed by atoms with E-state index in [0.29, 0.717) is 23.9 Å². The molecule has 0 spiro atoms. The van der Waals surface area contributed by atoms with Crippen molar-refractivity contribution in [2.24, 2.45) is 0 Å². The van der Waals surface area contributed by atoms with Gasteiger partial charge in [0.2, 0.25) is 0 Å². The van der Waals surface area contributed by atoms with Gasteiger partial charge in [0.25, 0.3) is 0 Å². The quantitative estimate of drug-likeness (QED) is 0.862. The Balaban J connectivity index is 2.57. The SMILES string of the molecule is CCNc1cc(-c2cc(F)c(F)c(F)c2)nc(C(C)C)n1. The zero-order chi connectivity index (χ0) is 15.6. The molecule has 0 amide bonds. The first-order valence-electron chi connectivity index (χ1n) is 6.70. The van der Waals surface area contributed by atoms with Crippen LogP contribution in [-0.4, -0.2) is 16.5 Å². The summed E-state index contributed by atoms with van der Waals surface area (Å²) in [5.74, 6) is -2.79. The number of hydrogen-bond donors (Lipinski definition) is 1. The molecule has 6 heteroatoms. The van der Waals surface area contributed by atoms with Crippen LogP contribution in [0.25, 0.3) is 11.3 Å². The number of anilines is 1. The second-order valence-corrected chi connectivity index (χ2v) is 4.94. The first-order chi connectivity index (χ1) is 9.92. The van der Waals surface area contributed by atoms with Gasteiger partial charge in [-0.15, -0.1) is 0 Å². The van der Waals surface area contributed by atoms with E-state index < -0.39 is 17.5 Å². The van der Waals surface area contributed by atoms with Crippen molar-refractivity contribution in [3.63, 3.8) is 0 Å². The summed E-state index contributed by atoms with van der Waals surface area (Å²) < 4.78 is 39.8. The fourth-order valence-corrected chi connectivity index (χ4v) is 1.85. The molecule has 1 N–H and O–H groups in total. The zero-order valence-electron chi connectivity index (χ0n) is 12.0. The number of nitrogens with one attached hydrogen (secondary N) is 1. The largest absolute Gasteiger partial charge is 0.370 e. The highest BCUT2D eigenvalue weighted by Crippen LogP contribution is 2.25. The molecule has 1 aromatic carbocycles. The van der Waals surface area contributed by atoms with E-state index >= 15 is 0 Å². The Kier molecular flexibility index (Phi) is 4.45. The molecule has 0 saturated carbocycles. The maximum Gasteiger partial charge on any atom is 0.194 e. The molecule has 0 aliphatic rings. The summed E-state index contributed by atoms with van der Waals surface area (Å²) in [6.07, 6.45) is 0. The molecule has 21 heavy (non-hydrogen) atoms. The van der Waals surface area contributed by atoms with Crippen molar-refractivity contribution in [3.8, 4) is 11.3 Å². The monoisotopic (exact) mass is 295 g/mol. The van der Waals surface area contributed by atoms with Crippen LogP contribution in [0.2, 0.25) is 0 Å². The predicted molar refractivity (Wildman–Crippen MR) is 75.6 cm³/mol. The minimum Gasteiger partial charge on any atom is -0.370 e. The summed E-state index contributed by atoms with van der Waals surface area (Å²) in [7, 11) is 0. The summed E-state index contributed by atoms with van der Waals surface area (Å²) >= 11 is 0. The topological polar surface area (TPSA) is 37.8 Å². The lowest BCUT2D eigenvalue weighted by Crippen LogP contribution is -2.06.